The highest BCUT2D eigenvalue weighted by Gasteiger charge is 2.30. The summed E-state index contributed by atoms with van der Waals surface area (Å²) in [5.74, 6) is -0.315. The molecule has 1 aromatic carbocycles. The SMILES string of the molecule is CN1C(=O)NC(=Cc2c[nH]c3ccccc23)C1=O. The van der Waals surface area contributed by atoms with E-state index in [-0.39, 0.29) is 5.91 Å². The summed E-state index contributed by atoms with van der Waals surface area (Å²) < 4.78 is 0. The van der Waals surface area contributed by atoms with Gasteiger partial charge in [0, 0.05) is 29.7 Å². The lowest BCUT2D eigenvalue weighted by Gasteiger charge is -1.99. The second-order valence-electron chi connectivity index (χ2n) is 4.14. The van der Waals surface area contributed by atoms with Crippen LogP contribution in [-0.2, 0) is 4.79 Å². The average molecular weight is 241 g/mol. The van der Waals surface area contributed by atoms with E-state index in [4.69, 9.17) is 0 Å². The molecular weight excluding hydrogens is 230 g/mol. The lowest BCUT2D eigenvalue weighted by Crippen LogP contribution is -2.25. The van der Waals surface area contributed by atoms with Gasteiger partial charge in [0.05, 0.1) is 0 Å². The molecule has 0 radical (unpaired) electrons. The fourth-order valence-electron chi connectivity index (χ4n) is 1.99. The molecule has 1 aromatic heterocycles. The Bertz CT molecular complexity index is 684. The number of hydrogen-bond donors (Lipinski definition) is 2. The number of benzene rings is 1. The molecule has 1 aliphatic rings. The summed E-state index contributed by atoms with van der Waals surface area (Å²) in [4.78, 5) is 27.2. The second kappa shape index (κ2) is 3.73. The molecular formula is C13H11N3O2. The molecule has 1 saturated heterocycles. The van der Waals surface area contributed by atoms with Crippen molar-refractivity contribution < 1.29 is 9.59 Å². The molecule has 0 unspecified atom stereocenters. The molecule has 2 heterocycles. The van der Waals surface area contributed by atoms with E-state index in [2.05, 4.69) is 10.3 Å². The van der Waals surface area contributed by atoms with Gasteiger partial charge in [0.1, 0.15) is 5.70 Å². The summed E-state index contributed by atoms with van der Waals surface area (Å²) in [7, 11) is 1.45. The van der Waals surface area contributed by atoms with Crippen molar-refractivity contribution in [2.45, 2.75) is 0 Å². The maximum atomic E-state index is 11.7. The van der Waals surface area contributed by atoms with E-state index in [1.807, 2.05) is 30.5 Å². The molecule has 1 fully saturated rings. The van der Waals surface area contributed by atoms with Gasteiger partial charge >= 0.3 is 6.03 Å². The molecule has 0 spiro atoms. The number of rotatable bonds is 1. The fraction of sp³-hybridized carbons (Fsp3) is 0.0769. The largest absolute Gasteiger partial charge is 0.361 e. The van der Waals surface area contributed by atoms with Gasteiger partial charge in [0.15, 0.2) is 0 Å². The lowest BCUT2D eigenvalue weighted by molar-refractivity contribution is -0.121. The maximum absolute atomic E-state index is 11.7. The number of likely N-dealkylation sites (N-methyl/N-ethyl adjacent to an activating group) is 1. The first kappa shape index (κ1) is 10.6. The van der Waals surface area contributed by atoms with Crippen LogP contribution in [0.4, 0.5) is 4.79 Å². The van der Waals surface area contributed by atoms with Gasteiger partial charge in [-0.25, -0.2) is 4.79 Å². The van der Waals surface area contributed by atoms with Crippen LogP contribution in [0, 0.1) is 0 Å². The third-order valence-corrected chi connectivity index (χ3v) is 3.00. The highest BCUT2D eigenvalue weighted by Crippen LogP contribution is 2.21. The first-order chi connectivity index (χ1) is 8.66. The number of para-hydroxylation sites is 1. The minimum atomic E-state index is -0.397. The first-order valence-electron chi connectivity index (χ1n) is 5.53. The van der Waals surface area contributed by atoms with Crippen LogP contribution in [0.15, 0.2) is 36.2 Å². The normalized spacial score (nSPS) is 17.8. The minimum Gasteiger partial charge on any atom is -0.361 e. The number of nitrogens with zero attached hydrogens (tertiary/aromatic N) is 1. The number of nitrogens with one attached hydrogen (secondary N) is 2. The summed E-state index contributed by atoms with van der Waals surface area (Å²) in [5, 5.41) is 3.56. The zero-order valence-electron chi connectivity index (χ0n) is 9.73. The van der Waals surface area contributed by atoms with Crippen LogP contribution >= 0.6 is 0 Å². The Labute approximate surface area is 103 Å². The molecule has 1 aliphatic heterocycles. The standard InChI is InChI=1S/C13H11N3O2/c1-16-12(17)11(15-13(16)18)6-8-7-14-10-5-3-2-4-9(8)10/h2-7,14H,1H3,(H,15,18). The molecule has 0 atom stereocenters. The number of aromatic nitrogens is 1. The van der Waals surface area contributed by atoms with Gasteiger partial charge < -0.3 is 10.3 Å². The molecule has 3 rings (SSSR count). The van der Waals surface area contributed by atoms with E-state index < -0.39 is 6.03 Å². The first-order valence-corrected chi connectivity index (χ1v) is 5.53. The van der Waals surface area contributed by atoms with E-state index in [1.54, 1.807) is 6.08 Å². The van der Waals surface area contributed by atoms with Crippen molar-refractivity contribution in [3.63, 3.8) is 0 Å². The van der Waals surface area contributed by atoms with Crippen molar-refractivity contribution in [1.82, 2.24) is 15.2 Å². The van der Waals surface area contributed by atoms with Crippen LogP contribution in [0.1, 0.15) is 5.56 Å². The predicted octanol–water partition coefficient (Wildman–Crippen LogP) is 1.69. The number of carbonyl (C=O) groups excluding carboxylic acids is 2. The monoisotopic (exact) mass is 241 g/mol. The molecule has 0 saturated carbocycles. The Kier molecular flexibility index (Phi) is 2.19. The molecule has 2 N–H and O–H groups in total. The van der Waals surface area contributed by atoms with Gasteiger partial charge in [-0.1, -0.05) is 18.2 Å². The lowest BCUT2D eigenvalue weighted by atomic mass is 10.1. The summed E-state index contributed by atoms with van der Waals surface area (Å²) >= 11 is 0. The summed E-state index contributed by atoms with van der Waals surface area (Å²) in [6.45, 7) is 0. The smallest absolute Gasteiger partial charge is 0.328 e. The van der Waals surface area contributed by atoms with Crippen molar-refractivity contribution in [1.29, 1.82) is 0 Å². The van der Waals surface area contributed by atoms with Crippen LogP contribution in [0.2, 0.25) is 0 Å². The van der Waals surface area contributed by atoms with E-state index in [1.165, 1.54) is 7.05 Å². The van der Waals surface area contributed by atoms with Crippen molar-refractivity contribution >= 4 is 28.9 Å². The van der Waals surface area contributed by atoms with Gasteiger partial charge in [-0.05, 0) is 12.1 Å². The molecule has 18 heavy (non-hydrogen) atoms. The molecule has 2 aromatic rings. The van der Waals surface area contributed by atoms with Gasteiger partial charge in [-0.15, -0.1) is 0 Å². The minimum absolute atomic E-state index is 0.298. The quantitative estimate of drug-likeness (QED) is 0.589. The van der Waals surface area contributed by atoms with Crippen LogP contribution in [-0.4, -0.2) is 28.9 Å². The van der Waals surface area contributed by atoms with E-state index in [0.29, 0.717) is 5.70 Å². The molecule has 90 valence electrons. The number of imide groups is 1. The molecule has 3 amide bonds. The Hall–Kier alpha value is -2.56. The van der Waals surface area contributed by atoms with Crippen molar-refractivity contribution in [2.75, 3.05) is 7.05 Å². The number of aromatic amines is 1. The molecule has 0 bridgehead atoms. The van der Waals surface area contributed by atoms with Crippen LogP contribution in [0.25, 0.3) is 17.0 Å². The number of amides is 3. The number of fused-ring (bicyclic) bond motifs is 1. The zero-order chi connectivity index (χ0) is 12.7. The predicted molar refractivity (Wildman–Crippen MR) is 67.6 cm³/mol. The zero-order valence-corrected chi connectivity index (χ0v) is 9.73. The van der Waals surface area contributed by atoms with E-state index >= 15 is 0 Å². The van der Waals surface area contributed by atoms with Crippen LogP contribution in [0.5, 0.6) is 0 Å². The highest BCUT2D eigenvalue weighted by atomic mass is 16.2. The Balaban J connectivity index is 2.07. The molecule has 5 heteroatoms. The van der Waals surface area contributed by atoms with Gasteiger partial charge in [-0.2, -0.15) is 0 Å². The van der Waals surface area contributed by atoms with E-state index in [0.717, 1.165) is 21.4 Å². The Morgan fingerprint density at radius 1 is 1.22 bits per heavy atom. The molecule has 5 nitrogen and oxygen atoms in total. The summed E-state index contributed by atoms with van der Waals surface area (Å²) in [6.07, 6.45) is 3.50. The van der Waals surface area contributed by atoms with Gasteiger partial charge in [0.2, 0.25) is 0 Å². The number of hydrogen-bond acceptors (Lipinski definition) is 2. The second-order valence-corrected chi connectivity index (χ2v) is 4.14. The Morgan fingerprint density at radius 3 is 2.72 bits per heavy atom. The summed E-state index contributed by atoms with van der Waals surface area (Å²) in [6, 6.07) is 7.39. The highest BCUT2D eigenvalue weighted by molar-refractivity contribution is 6.14. The average Bonchev–Trinajstić information content (AvgIpc) is 2.89. The summed E-state index contributed by atoms with van der Waals surface area (Å²) in [5.41, 5.74) is 2.17. The molecule has 0 aliphatic carbocycles. The Morgan fingerprint density at radius 2 is 2.00 bits per heavy atom. The fourth-order valence-corrected chi connectivity index (χ4v) is 1.99. The van der Waals surface area contributed by atoms with Gasteiger partial charge in [-0.3, -0.25) is 9.69 Å². The number of urea groups is 1. The van der Waals surface area contributed by atoms with Crippen molar-refractivity contribution in [3.05, 3.63) is 41.7 Å². The third-order valence-electron chi connectivity index (χ3n) is 3.00. The van der Waals surface area contributed by atoms with Crippen molar-refractivity contribution in [3.8, 4) is 0 Å². The topological polar surface area (TPSA) is 65.2 Å². The number of H-pyrrole nitrogens is 1. The third kappa shape index (κ3) is 1.48. The van der Waals surface area contributed by atoms with Crippen LogP contribution in [0.3, 0.4) is 0 Å². The van der Waals surface area contributed by atoms with Crippen molar-refractivity contribution in [2.24, 2.45) is 0 Å². The van der Waals surface area contributed by atoms with E-state index in [9.17, 15) is 9.59 Å². The number of carbonyl (C=O) groups is 2. The van der Waals surface area contributed by atoms with Gasteiger partial charge in [0.25, 0.3) is 5.91 Å². The van der Waals surface area contributed by atoms with Crippen LogP contribution < -0.4 is 5.32 Å². The maximum Gasteiger partial charge on any atom is 0.328 e.